The van der Waals surface area contributed by atoms with Gasteiger partial charge in [-0.05, 0) is 31.2 Å². The first kappa shape index (κ1) is 8.98. The molecule has 66 valence electrons. The smallest absolute Gasteiger partial charge is 0.105 e. The Hall–Kier alpha value is -0.110. The van der Waals surface area contributed by atoms with E-state index in [0.717, 1.165) is 6.54 Å². The number of alkyl halides is 1. The van der Waals surface area contributed by atoms with Crippen molar-refractivity contribution in [2.24, 2.45) is 11.8 Å². The number of hydrogen-bond acceptors (Lipinski definition) is 1. The lowest BCUT2D eigenvalue weighted by Gasteiger charge is -2.15. The highest BCUT2D eigenvalue weighted by Gasteiger charge is 2.30. The van der Waals surface area contributed by atoms with Crippen LogP contribution in [0.15, 0.2) is 0 Å². The molecular formula is C9H18FN. The fourth-order valence-corrected chi connectivity index (χ4v) is 1.23. The average molecular weight is 159 g/mol. The lowest BCUT2D eigenvalue weighted by Crippen LogP contribution is -2.35. The SMILES string of the molecule is CC(C)CNC(CF)C1CC1. The van der Waals surface area contributed by atoms with E-state index in [0.29, 0.717) is 11.8 Å². The van der Waals surface area contributed by atoms with Gasteiger partial charge in [0.1, 0.15) is 6.67 Å². The van der Waals surface area contributed by atoms with Crippen LogP contribution in [0.4, 0.5) is 4.39 Å². The number of rotatable bonds is 5. The molecule has 0 aromatic rings. The van der Waals surface area contributed by atoms with Crippen LogP contribution >= 0.6 is 0 Å². The summed E-state index contributed by atoms with van der Waals surface area (Å²) >= 11 is 0. The molecule has 0 saturated heterocycles. The molecule has 1 saturated carbocycles. The summed E-state index contributed by atoms with van der Waals surface area (Å²) in [6, 6.07) is 0.150. The van der Waals surface area contributed by atoms with E-state index in [1.54, 1.807) is 0 Å². The van der Waals surface area contributed by atoms with Gasteiger partial charge >= 0.3 is 0 Å². The molecule has 1 atom stereocenters. The molecule has 2 heteroatoms. The third-order valence-electron chi connectivity index (χ3n) is 2.15. The molecule has 1 unspecified atom stereocenters. The highest BCUT2D eigenvalue weighted by atomic mass is 19.1. The minimum Gasteiger partial charge on any atom is -0.311 e. The quantitative estimate of drug-likeness (QED) is 0.646. The molecule has 0 aromatic heterocycles. The van der Waals surface area contributed by atoms with Crippen LogP contribution < -0.4 is 5.32 Å². The lowest BCUT2D eigenvalue weighted by molar-refractivity contribution is 0.334. The number of halogens is 1. The zero-order valence-corrected chi connectivity index (χ0v) is 7.44. The van der Waals surface area contributed by atoms with Crippen molar-refractivity contribution in [1.82, 2.24) is 5.32 Å². The number of nitrogens with one attached hydrogen (secondary N) is 1. The van der Waals surface area contributed by atoms with Gasteiger partial charge in [-0.3, -0.25) is 0 Å². The van der Waals surface area contributed by atoms with Crippen LogP contribution in [0.25, 0.3) is 0 Å². The van der Waals surface area contributed by atoms with Crippen molar-refractivity contribution < 1.29 is 4.39 Å². The summed E-state index contributed by atoms with van der Waals surface area (Å²) in [5, 5.41) is 3.26. The zero-order valence-electron chi connectivity index (χ0n) is 7.44. The summed E-state index contributed by atoms with van der Waals surface area (Å²) in [7, 11) is 0. The van der Waals surface area contributed by atoms with Crippen LogP contribution in [0.5, 0.6) is 0 Å². The van der Waals surface area contributed by atoms with Gasteiger partial charge in [-0.25, -0.2) is 4.39 Å². The second-order valence-corrected chi connectivity index (χ2v) is 3.90. The van der Waals surface area contributed by atoms with Gasteiger partial charge in [-0.1, -0.05) is 13.8 Å². The Kier molecular flexibility index (Phi) is 3.31. The summed E-state index contributed by atoms with van der Waals surface area (Å²) in [6.07, 6.45) is 2.44. The molecule has 1 fully saturated rings. The molecular weight excluding hydrogens is 141 g/mol. The Bertz CT molecular complexity index is 110. The van der Waals surface area contributed by atoms with Gasteiger partial charge in [0.15, 0.2) is 0 Å². The summed E-state index contributed by atoms with van der Waals surface area (Å²) in [5.74, 6) is 1.27. The van der Waals surface area contributed by atoms with E-state index in [1.807, 2.05) is 0 Å². The van der Waals surface area contributed by atoms with E-state index in [4.69, 9.17) is 0 Å². The van der Waals surface area contributed by atoms with E-state index in [1.165, 1.54) is 12.8 Å². The summed E-state index contributed by atoms with van der Waals surface area (Å²) in [4.78, 5) is 0. The molecule has 0 spiro atoms. The van der Waals surface area contributed by atoms with Crippen LogP contribution in [-0.4, -0.2) is 19.3 Å². The van der Waals surface area contributed by atoms with E-state index >= 15 is 0 Å². The molecule has 0 heterocycles. The Morgan fingerprint density at radius 1 is 1.45 bits per heavy atom. The van der Waals surface area contributed by atoms with Gasteiger partial charge in [0.05, 0.1) is 0 Å². The average Bonchev–Trinajstić information content (AvgIpc) is 2.72. The minimum atomic E-state index is -0.197. The Morgan fingerprint density at radius 2 is 2.09 bits per heavy atom. The lowest BCUT2D eigenvalue weighted by atomic mass is 10.1. The van der Waals surface area contributed by atoms with Crippen molar-refractivity contribution in [3.05, 3.63) is 0 Å². The fraction of sp³-hybridized carbons (Fsp3) is 1.00. The Balaban J connectivity index is 2.10. The molecule has 1 nitrogen and oxygen atoms in total. The van der Waals surface area contributed by atoms with Crippen LogP contribution in [-0.2, 0) is 0 Å². The molecule has 0 radical (unpaired) electrons. The van der Waals surface area contributed by atoms with Crippen molar-refractivity contribution >= 4 is 0 Å². The third-order valence-corrected chi connectivity index (χ3v) is 2.15. The van der Waals surface area contributed by atoms with Gasteiger partial charge in [0.2, 0.25) is 0 Å². The van der Waals surface area contributed by atoms with Gasteiger partial charge < -0.3 is 5.32 Å². The monoisotopic (exact) mass is 159 g/mol. The molecule has 0 bridgehead atoms. The number of hydrogen-bond donors (Lipinski definition) is 1. The molecule has 11 heavy (non-hydrogen) atoms. The highest BCUT2D eigenvalue weighted by molar-refractivity contribution is 4.85. The predicted octanol–water partition coefficient (Wildman–Crippen LogP) is 1.98. The molecule has 0 amide bonds. The van der Waals surface area contributed by atoms with Crippen molar-refractivity contribution in [3.8, 4) is 0 Å². The van der Waals surface area contributed by atoms with E-state index in [9.17, 15) is 4.39 Å². The van der Waals surface area contributed by atoms with E-state index < -0.39 is 0 Å². The molecule has 1 rings (SSSR count). The van der Waals surface area contributed by atoms with E-state index in [2.05, 4.69) is 19.2 Å². The third kappa shape index (κ3) is 3.19. The highest BCUT2D eigenvalue weighted by Crippen LogP contribution is 2.32. The zero-order chi connectivity index (χ0) is 8.27. The van der Waals surface area contributed by atoms with Gasteiger partial charge in [-0.2, -0.15) is 0 Å². The van der Waals surface area contributed by atoms with Crippen molar-refractivity contribution in [2.75, 3.05) is 13.2 Å². The maximum atomic E-state index is 12.3. The first-order valence-electron chi connectivity index (χ1n) is 4.53. The van der Waals surface area contributed by atoms with Gasteiger partial charge in [0.25, 0.3) is 0 Å². The first-order valence-corrected chi connectivity index (χ1v) is 4.53. The van der Waals surface area contributed by atoms with Gasteiger partial charge in [-0.15, -0.1) is 0 Å². The van der Waals surface area contributed by atoms with Crippen LogP contribution in [0.2, 0.25) is 0 Å². The second kappa shape index (κ2) is 4.05. The maximum Gasteiger partial charge on any atom is 0.105 e. The van der Waals surface area contributed by atoms with Crippen molar-refractivity contribution in [1.29, 1.82) is 0 Å². The molecule has 1 aliphatic carbocycles. The molecule has 1 N–H and O–H groups in total. The fourth-order valence-electron chi connectivity index (χ4n) is 1.23. The largest absolute Gasteiger partial charge is 0.311 e. The molecule has 0 aromatic carbocycles. The topological polar surface area (TPSA) is 12.0 Å². The standard InChI is InChI=1S/C9H18FN/c1-7(2)6-11-9(5-10)8-3-4-8/h7-9,11H,3-6H2,1-2H3. The van der Waals surface area contributed by atoms with E-state index in [-0.39, 0.29) is 12.7 Å². The molecule has 0 aliphatic heterocycles. The van der Waals surface area contributed by atoms with Gasteiger partial charge in [0, 0.05) is 6.04 Å². The Morgan fingerprint density at radius 3 is 2.45 bits per heavy atom. The van der Waals surface area contributed by atoms with Crippen molar-refractivity contribution in [2.45, 2.75) is 32.7 Å². The molecule has 1 aliphatic rings. The summed E-state index contributed by atoms with van der Waals surface area (Å²) < 4.78 is 12.3. The van der Waals surface area contributed by atoms with Crippen LogP contribution in [0.1, 0.15) is 26.7 Å². The maximum absolute atomic E-state index is 12.3. The van der Waals surface area contributed by atoms with Crippen molar-refractivity contribution in [3.63, 3.8) is 0 Å². The normalized spacial score (nSPS) is 20.7. The predicted molar refractivity (Wildman–Crippen MR) is 45.3 cm³/mol. The minimum absolute atomic E-state index is 0.150. The van der Waals surface area contributed by atoms with Crippen LogP contribution in [0.3, 0.4) is 0 Å². The van der Waals surface area contributed by atoms with Crippen LogP contribution in [0, 0.1) is 11.8 Å². The summed E-state index contributed by atoms with van der Waals surface area (Å²) in [5.41, 5.74) is 0. The Labute approximate surface area is 68.4 Å². The summed E-state index contributed by atoms with van der Waals surface area (Å²) in [6.45, 7) is 5.05. The first-order chi connectivity index (χ1) is 5.24. The second-order valence-electron chi connectivity index (χ2n) is 3.90.